The molecular weight excluding hydrogens is 360 g/mol. The standard InChI is InChI=1S/C17H13BrN2O3/c1-11(21)16(10-19)17(22)20-13-4-8-15(9-5-13)23-14-6-2-12(18)3-7-14/h2-9,21H,1H3,(H,20,22). The van der Waals surface area contributed by atoms with E-state index in [4.69, 9.17) is 10.00 Å². The van der Waals surface area contributed by atoms with E-state index >= 15 is 0 Å². The zero-order chi connectivity index (χ0) is 16.8. The highest BCUT2D eigenvalue weighted by Gasteiger charge is 2.12. The van der Waals surface area contributed by atoms with Crippen LogP contribution in [0, 0.1) is 11.3 Å². The normalized spacial score (nSPS) is 11.2. The SMILES string of the molecule is CC(O)=C(C#N)C(=O)Nc1ccc(Oc2ccc(Br)cc2)cc1. The van der Waals surface area contributed by atoms with E-state index in [-0.39, 0.29) is 11.3 Å². The molecule has 6 heteroatoms. The van der Waals surface area contributed by atoms with Crippen LogP contribution in [-0.2, 0) is 4.79 Å². The number of halogens is 1. The summed E-state index contributed by atoms with van der Waals surface area (Å²) in [6.45, 7) is 1.29. The van der Waals surface area contributed by atoms with Crippen molar-refractivity contribution < 1.29 is 14.6 Å². The number of amides is 1. The van der Waals surface area contributed by atoms with Crippen LogP contribution >= 0.6 is 15.9 Å². The highest BCUT2D eigenvalue weighted by atomic mass is 79.9. The summed E-state index contributed by atoms with van der Waals surface area (Å²) in [5.74, 6) is 0.324. The molecule has 5 nitrogen and oxygen atoms in total. The van der Waals surface area contributed by atoms with Gasteiger partial charge in [-0.1, -0.05) is 15.9 Å². The minimum Gasteiger partial charge on any atom is -0.511 e. The molecule has 2 N–H and O–H groups in total. The van der Waals surface area contributed by atoms with E-state index in [1.54, 1.807) is 30.3 Å². The summed E-state index contributed by atoms with van der Waals surface area (Å²) in [5, 5.41) is 20.6. The quantitative estimate of drug-likeness (QED) is 0.469. The van der Waals surface area contributed by atoms with Gasteiger partial charge in [0, 0.05) is 10.2 Å². The molecule has 0 bridgehead atoms. The van der Waals surface area contributed by atoms with Gasteiger partial charge < -0.3 is 15.2 Å². The molecular formula is C17H13BrN2O3. The highest BCUT2D eigenvalue weighted by molar-refractivity contribution is 9.10. The number of aliphatic hydroxyl groups is 1. The van der Waals surface area contributed by atoms with Crippen molar-refractivity contribution in [1.29, 1.82) is 5.26 Å². The predicted molar refractivity (Wildman–Crippen MR) is 90.2 cm³/mol. The van der Waals surface area contributed by atoms with Crippen molar-refractivity contribution >= 4 is 27.5 Å². The van der Waals surface area contributed by atoms with Gasteiger partial charge in [-0.05, 0) is 55.5 Å². The molecule has 2 rings (SSSR count). The van der Waals surface area contributed by atoms with E-state index in [1.165, 1.54) is 6.92 Å². The second-order valence-electron chi connectivity index (χ2n) is 4.61. The van der Waals surface area contributed by atoms with Crippen LogP contribution in [0.3, 0.4) is 0 Å². The number of anilines is 1. The lowest BCUT2D eigenvalue weighted by Gasteiger charge is -2.08. The molecule has 0 heterocycles. The van der Waals surface area contributed by atoms with E-state index in [9.17, 15) is 9.90 Å². The maximum atomic E-state index is 11.8. The first-order valence-electron chi connectivity index (χ1n) is 6.64. The minimum atomic E-state index is -0.658. The Kier molecular flexibility index (Phi) is 5.39. The molecule has 0 aromatic heterocycles. The van der Waals surface area contributed by atoms with Crippen molar-refractivity contribution in [3.63, 3.8) is 0 Å². The Hall–Kier alpha value is -2.78. The second-order valence-corrected chi connectivity index (χ2v) is 5.52. The van der Waals surface area contributed by atoms with Crippen molar-refractivity contribution in [2.75, 3.05) is 5.32 Å². The van der Waals surface area contributed by atoms with Crippen LogP contribution in [0.5, 0.6) is 11.5 Å². The summed E-state index contributed by atoms with van der Waals surface area (Å²) in [6.07, 6.45) is 0. The fourth-order valence-corrected chi connectivity index (χ4v) is 2.00. The third-order valence-electron chi connectivity index (χ3n) is 2.86. The molecule has 0 saturated heterocycles. The Balaban J connectivity index is 2.05. The zero-order valence-corrected chi connectivity index (χ0v) is 13.8. The molecule has 116 valence electrons. The molecule has 0 radical (unpaired) electrons. The number of allylic oxidation sites excluding steroid dienone is 1. The number of hydrogen-bond donors (Lipinski definition) is 2. The number of rotatable bonds is 4. The predicted octanol–water partition coefficient (Wildman–Crippen LogP) is 4.54. The first kappa shape index (κ1) is 16.6. The monoisotopic (exact) mass is 372 g/mol. The van der Waals surface area contributed by atoms with Crippen molar-refractivity contribution in [1.82, 2.24) is 0 Å². The molecule has 23 heavy (non-hydrogen) atoms. The average Bonchev–Trinajstić information content (AvgIpc) is 2.52. The molecule has 0 saturated carbocycles. The lowest BCUT2D eigenvalue weighted by Crippen LogP contribution is -2.14. The third-order valence-corrected chi connectivity index (χ3v) is 3.39. The first-order valence-corrected chi connectivity index (χ1v) is 7.43. The number of nitrogens with zero attached hydrogens (tertiary/aromatic N) is 1. The molecule has 0 aliphatic carbocycles. The summed E-state index contributed by atoms with van der Waals surface area (Å²) in [4.78, 5) is 11.8. The molecule has 1 amide bonds. The molecule has 0 spiro atoms. The number of hydrogen-bond acceptors (Lipinski definition) is 4. The molecule has 2 aromatic carbocycles. The van der Waals surface area contributed by atoms with Gasteiger partial charge in [0.05, 0.1) is 0 Å². The van der Waals surface area contributed by atoms with Crippen molar-refractivity contribution in [3.8, 4) is 17.6 Å². The van der Waals surface area contributed by atoms with Crippen molar-refractivity contribution in [2.45, 2.75) is 6.92 Å². The van der Waals surface area contributed by atoms with Crippen molar-refractivity contribution in [3.05, 3.63) is 64.3 Å². The maximum Gasteiger partial charge on any atom is 0.269 e. The van der Waals surface area contributed by atoms with Crippen LogP contribution in [0.2, 0.25) is 0 Å². The smallest absolute Gasteiger partial charge is 0.269 e. The van der Waals surface area contributed by atoms with Crippen LogP contribution in [0.1, 0.15) is 6.92 Å². The fourth-order valence-electron chi connectivity index (χ4n) is 1.73. The summed E-state index contributed by atoms with van der Waals surface area (Å²) in [6, 6.07) is 15.7. The molecule has 0 aliphatic rings. The molecule has 0 unspecified atom stereocenters. The zero-order valence-electron chi connectivity index (χ0n) is 12.2. The van der Waals surface area contributed by atoms with Gasteiger partial charge in [-0.15, -0.1) is 0 Å². The van der Waals surface area contributed by atoms with Gasteiger partial charge in [-0.25, -0.2) is 0 Å². The number of nitrogens with one attached hydrogen (secondary N) is 1. The number of ether oxygens (including phenoxy) is 1. The average molecular weight is 373 g/mol. The fraction of sp³-hybridized carbons (Fsp3) is 0.0588. The number of carbonyl (C=O) groups excluding carboxylic acids is 1. The minimum absolute atomic E-state index is 0.319. The molecule has 0 fully saturated rings. The topological polar surface area (TPSA) is 82.3 Å². The molecule has 0 aliphatic heterocycles. The third kappa shape index (κ3) is 4.59. The Labute approximate surface area is 142 Å². The second kappa shape index (κ2) is 7.47. The van der Waals surface area contributed by atoms with Crippen LogP contribution in [0.15, 0.2) is 64.3 Å². The van der Waals surface area contributed by atoms with E-state index in [2.05, 4.69) is 21.2 Å². The van der Waals surface area contributed by atoms with E-state index < -0.39 is 5.91 Å². The van der Waals surface area contributed by atoms with E-state index in [1.807, 2.05) is 24.3 Å². The lowest BCUT2D eigenvalue weighted by molar-refractivity contribution is -0.112. The van der Waals surface area contributed by atoms with Gasteiger partial charge in [-0.3, -0.25) is 4.79 Å². The van der Waals surface area contributed by atoms with Crippen molar-refractivity contribution in [2.24, 2.45) is 0 Å². The number of carbonyl (C=O) groups is 1. The molecule has 2 aromatic rings. The summed E-state index contributed by atoms with van der Waals surface area (Å²) >= 11 is 3.35. The van der Waals surface area contributed by atoms with Gasteiger partial charge in [0.1, 0.15) is 23.3 Å². The van der Waals surface area contributed by atoms with Crippen LogP contribution in [0.25, 0.3) is 0 Å². The Morgan fingerprint density at radius 2 is 1.65 bits per heavy atom. The van der Waals surface area contributed by atoms with Gasteiger partial charge in [-0.2, -0.15) is 5.26 Å². The van der Waals surface area contributed by atoms with Crippen LogP contribution in [0.4, 0.5) is 5.69 Å². The lowest BCUT2D eigenvalue weighted by atomic mass is 10.2. The molecule has 0 atom stereocenters. The Morgan fingerprint density at radius 3 is 2.13 bits per heavy atom. The number of benzene rings is 2. The number of aliphatic hydroxyl groups excluding tert-OH is 1. The summed E-state index contributed by atoms with van der Waals surface area (Å²) in [7, 11) is 0. The van der Waals surface area contributed by atoms with Gasteiger partial charge in [0.25, 0.3) is 5.91 Å². The van der Waals surface area contributed by atoms with Crippen LogP contribution in [-0.4, -0.2) is 11.0 Å². The van der Waals surface area contributed by atoms with Gasteiger partial charge >= 0.3 is 0 Å². The Bertz CT molecular complexity index is 771. The van der Waals surface area contributed by atoms with Gasteiger partial charge in [0.15, 0.2) is 5.57 Å². The van der Waals surface area contributed by atoms with Crippen LogP contribution < -0.4 is 10.1 Å². The first-order chi connectivity index (χ1) is 11.0. The van der Waals surface area contributed by atoms with E-state index in [0.717, 1.165) is 4.47 Å². The maximum absolute atomic E-state index is 11.8. The largest absolute Gasteiger partial charge is 0.511 e. The highest BCUT2D eigenvalue weighted by Crippen LogP contribution is 2.24. The number of nitriles is 1. The Morgan fingerprint density at radius 1 is 1.13 bits per heavy atom. The van der Waals surface area contributed by atoms with E-state index in [0.29, 0.717) is 17.2 Å². The summed E-state index contributed by atoms with van der Waals surface area (Å²) < 4.78 is 6.63. The van der Waals surface area contributed by atoms with Gasteiger partial charge in [0.2, 0.25) is 0 Å². The summed E-state index contributed by atoms with van der Waals surface area (Å²) in [5.41, 5.74) is 0.173.